The first-order chi connectivity index (χ1) is 12.9. The number of rotatable bonds is 7. The van der Waals surface area contributed by atoms with Gasteiger partial charge in [0.1, 0.15) is 5.82 Å². The molecule has 0 radical (unpaired) electrons. The Labute approximate surface area is 153 Å². The molecule has 1 aromatic carbocycles. The maximum atomic E-state index is 4.75. The summed E-state index contributed by atoms with van der Waals surface area (Å²) in [6.07, 6.45) is 7.13. The third kappa shape index (κ3) is 4.08. The van der Waals surface area contributed by atoms with E-state index in [0.29, 0.717) is 5.82 Å². The van der Waals surface area contributed by atoms with Crippen LogP contribution in [0.2, 0.25) is 0 Å². The molecule has 0 spiro atoms. The Kier molecular flexibility index (Phi) is 5.21. The number of nitrogens with zero attached hydrogens (tertiary/aromatic N) is 4. The summed E-state index contributed by atoms with van der Waals surface area (Å²) in [7, 11) is 0. The monoisotopic (exact) mass is 348 g/mol. The average Bonchev–Trinajstić information content (AvgIpc) is 3.39. The van der Waals surface area contributed by atoms with Crippen LogP contribution in [0, 0.1) is 0 Å². The fourth-order valence-electron chi connectivity index (χ4n) is 3.39. The Bertz CT molecular complexity index is 795. The Hall–Kier alpha value is -2.73. The number of H-pyrrole nitrogens is 1. The first kappa shape index (κ1) is 16.7. The average molecular weight is 348 g/mol. The van der Waals surface area contributed by atoms with Crippen LogP contribution in [0.1, 0.15) is 31.1 Å². The second kappa shape index (κ2) is 8.10. The summed E-state index contributed by atoms with van der Waals surface area (Å²) < 4.78 is 0. The summed E-state index contributed by atoms with van der Waals surface area (Å²) in [6.45, 7) is 3.48. The molecular weight excluding hydrogens is 324 g/mol. The lowest BCUT2D eigenvalue weighted by Crippen LogP contribution is -2.24. The molecule has 6 nitrogen and oxygen atoms in total. The maximum absolute atomic E-state index is 4.75. The van der Waals surface area contributed by atoms with Crippen molar-refractivity contribution >= 4 is 5.69 Å². The van der Waals surface area contributed by atoms with Gasteiger partial charge in [0.25, 0.3) is 0 Å². The molecular formula is C20H24N6. The van der Waals surface area contributed by atoms with Gasteiger partial charge in [0.15, 0.2) is 5.82 Å². The van der Waals surface area contributed by atoms with E-state index >= 15 is 0 Å². The van der Waals surface area contributed by atoms with E-state index in [1.807, 2.05) is 30.3 Å². The number of pyridine rings is 1. The van der Waals surface area contributed by atoms with Gasteiger partial charge < -0.3 is 10.2 Å². The molecule has 6 heteroatoms. The molecule has 0 aliphatic carbocycles. The molecule has 0 bridgehead atoms. The lowest BCUT2D eigenvalue weighted by atomic mass is 10.1. The third-order valence-electron chi connectivity index (χ3n) is 4.82. The summed E-state index contributed by atoms with van der Waals surface area (Å²) in [5.41, 5.74) is 2.07. The Morgan fingerprint density at radius 2 is 1.81 bits per heavy atom. The molecule has 1 aliphatic heterocycles. The van der Waals surface area contributed by atoms with Crippen molar-refractivity contribution in [2.24, 2.45) is 0 Å². The van der Waals surface area contributed by atoms with Gasteiger partial charge in [-0.05, 0) is 56.6 Å². The van der Waals surface area contributed by atoms with E-state index in [2.05, 4.69) is 37.5 Å². The van der Waals surface area contributed by atoms with Gasteiger partial charge in [-0.2, -0.15) is 5.10 Å². The van der Waals surface area contributed by atoms with Crippen LogP contribution in [-0.2, 0) is 0 Å². The number of benzene rings is 1. The molecule has 3 aromatic rings. The van der Waals surface area contributed by atoms with Crippen LogP contribution in [0.25, 0.3) is 11.4 Å². The van der Waals surface area contributed by atoms with Crippen LogP contribution in [0.15, 0.2) is 54.9 Å². The summed E-state index contributed by atoms with van der Waals surface area (Å²) in [5.74, 6) is 1.59. The van der Waals surface area contributed by atoms with E-state index < -0.39 is 0 Å². The van der Waals surface area contributed by atoms with Crippen LogP contribution < -0.4 is 5.32 Å². The molecule has 2 aromatic heterocycles. The fraction of sp³-hybridized carbons (Fsp3) is 0.350. The number of aromatic amines is 1. The molecule has 1 aliphatic rings. The van der Waals surface area contributed by atoms with Crippen molar-refractivity contribution in [3.63, 3.8) is 0 Å². The minimum absolute atomic E-state index is 0.0982. The highest BCUT2D eigenvalue weighted by Crippen LogP contribution is 2.23. The van der Waals surface area contributed by atoms with E-state index in [0.717, 1.165) is 30.0 Å². The molecule has 3 heterocycles. The number of nitrogens with one attached hydrogen (secondary N) is 2. The second-order valence-electron chi connectivity index (χ2n) is 6.68. The highest BCUT2D eigenvalue weighted by Gasteiger charge is 2.19. The highest BCUT2D eigenvalue weighted by atomic mass is 15.2. The molecule has 1 saturated heterocycles. The predicted octanol–water partition coefficient (Wildman–Crippen LogP) is 3.51. The molecule has 26 heavy (non-hydrogen) atoms. The van der Waals surface area contributed by atoms with Crippen LogP contribution in [0.3, 0.4) is 0 Å². The van der Waals surface area contributed by atoms with Crippen LogP contribution >= 0.6 is 0 Å². The summed E-state index contributed by atoms with van der Waals surface area (Å²) in [4.78, 5) is 11.3. The van der Waals surface area contributed by atoms with Crippen molar-refractivity contribution in [3.8, 4) is 11.4 Å². The van der Waals surface area contributed by atoms with Gasteiger partial charge in [0.2, 0.25) is 0 Å². The number of likely N-dealkylation sites (tertiary alicyclic amines) is 1. The molecule has 0 saturated carbocycles. The molecule has 134 valence electrons. The summed E-state index contributed by atoms with van der Waals surface area (Å²) in [5, 5.41) is 11.2. The third-order valence-corrected chi connectivity index (χ3v) is 4.82. The molecule has 0 amide bonds. The number of hydrogen-bond donors (Lipinski definition) is 2. The van der Waals surface area contributed by atoms with E-state index in [9.17, 15) is 0 Å². The van der Waals surface area contributed by atoms with Gasteiger partial charge in [-0.3, -0.25) is 10.1 Å². The van der Waals surface area contributed by atoms with Crippen LogP contribution in [-0.4, -0.2) is 44.7 Å². The van der Waals surface area contributed by atoms with Crippen LogP contribution in [0.5, 0.6) is 0 Å². The van der Waals surface area contributed by atoms with Crippen molar-refractivity contribution in [2.75, 3.05) is 25.0 Å². The normalized spacial score (nSPS) is 15.8. The molecule has 4 rings (SSSR count). The number of aromatic nitrogens is 4. The first-order valence-electron chi connectivity index (χ1n) is 9.25. The quantitative estimate of drug-likeness (QED) is 0.684. The highest BCUT2D eigenvalue weighted by molar-refractivity contribution is 5.53. The Morgan fingerprint density at radius 3 is 2.58 bits per heavy atom. The summed E-state index contributed by atoms with van der Waals surface area (Å²) >= 11 is 0. The maximum Gasteiger partial charge on any atom is 0.181 e. The zero-order chi connectivity index (χ0) is 17.6. The van der Waals surface area contributed by atoms with E-state index in [1.54, 1.807) is 12.4 Å². The van der Waals surface area contributed by atoms with Crippen molar-refractivity contribution in [2.45, 2.75) is 25.3 Å². The van der Waals surface area contributed by atoms with Crippen molar-refractivity contribution in [1.82, 2.24) is 25.1 Å². The van der Waals surface area contributed by atoms with Gasteiger partial charge in [-0.15, -0.1) is 0 Å². The largest absolute Gasteiger partial charge is 0.375 e. The number of anilines is 1. The molecule has 1 fully saturated rings. The smallest absolute Gasteiger partial charge is 0.181 e. The van der Waals surface area contributed by atoms with Gasteiger partial charge >= 0.3 is 0 Å². The van der Waals surface area contributed by atoms with Gasteiger partial charge in [-0.1, -0.05) is 18.2 Å². The standard InChI is InChI=1S/C20H24N6/c1-2-6-17(7-3-1)22-18(10-15-26-13-4-5-14-26)20-23-19(24-25-20)16-8-11-21-12-9-16/h1-3,6-9,11-12,18,22H,4-5,10,13-15H2,(H,23,24,25). The van der Waals surface area contributed by atoms with Crippen LogP contribution in [0.4, 0.5) is 5.69 Å². The predicted molar refractivity (Wildman–Crippen MR) is 103 cm³/mol. The molecule has 1 atom stereocenters. The van der Waals surface area contributed by atoms with Gasteiger partial charge in [-0.25, -0.2) is 4.98 Å². The lowest BCUT2D eigenvalue weighted by Gasteiger charge is -2.21. The molecule has 2 N–H and O–H groups in total. The Balaban J connectivity index is 1.52. The zero-order valence-electron chi connectivity index (χ0n) is 14.8. The SMILES string of the molecule is c1ccc(NC(CCN2CCCC2)c2nc(-c3ccncc3)n[nH]2)cc1. The zero-order valence-corrected chi connectivity index (χ0v) is 14.8. The lowest BCUT2D eigenvalue weighted by molar-refractivity contribution is 0.324. The minimum atomic E-state index is 0.0982. The van der Waals surface area contributed by atoms with Gasteiger partial charge in [0, 0.05) is 30.2 Å². The minimum Gasteiger partial charge on any atom is -0.375 e. The van der Waals surface area contributed by atoms with Crippen molar-refractivity contribution in [3.05, 3.63) is 60.7 Å². The van der Waals surface area contributed by atoms with E-state index in [1.165, 1.54) is 25.9 Å². The topological polar surface area (TPSA) is 69.7 Å². The second-order valence-corrected chi connectivity index (χ2v) is 6.68. The number of para-hydroxylation sites is 1. The first-order valence-corrected chi connectivity index (χ1v) is 9.25. The van der Waals surface area contributed by atoms with E-state index in [4.69, 9.17) is 4.98 Å². The number of hydrogen-bond acceptors (Lipinski definition) is 5. The van der Waals surface area contributed by atoms with Gasteiger partial charge in [0.05, 0.1) is 6.04 Å². The van der Waals surface area contributed by atoms with Crippen molar-refractivity contribution < 1.29 is 0 Å². The van der Waals surface area contributed by atoms with Crippen molar-refractivity contribution in [1.29, 1.82) is 0 Å². The van der Waals surface area contributed by atoms with E-state index in [-0.39, 0.29) is 6.04 Å². The molecule has 1 unspecified atom stereocenters. The fourth-order valence-corrected chi connectivity index (χ4v) is 3.39. The summed E-state index contributed by atoms with van der Waals surface area (Å²) in [6, 6.07) is 14.2. The Morgan fingerprint density at radius 1 is 1.04 bits per heavy atom.